The molecule has 0 bridgehead atoms. The molecule has 26 heavy (non-hydrogen) atoms. The van der Waals surface area contributed by atoms with E-state index in [9.17, 15) is 4.79 Å². The van der Waals surface area contributed by atoms with Gasteiger partial charge in [-0.25, -0.2) is 14.3 Å². The normalized spacial score (nSPS) is 11.0. The topological polar surface area (TPSA) is 108 Å². The Bertz CT molecular complexity index is 1090. The van der Waals surface area contributed by atoms with Crippen molar-refractivity contribution in [1.82, 2.24) is 29.8 Å². The fourth-order valence-electron chi connectivity index (χ4n) is 2.45. The van der Waals surface area contributed by atoms with Gasteiger partial charge in [-0.1, -0.05) is 18.2 Å². The van der Waals surface area contributed by atoms with Crippen molar-refractivity contribution in [3.05, 3.63) is 59.5 Å². The van der Waals surface area contributed by atoms with Gasteiger partial charge in [0, 0.05) is 17.0 Å². The van der Waals surface area contributed by atoms with Gasteiger partial charge in [0.1, 0.15) is 0 Å². The minimum atomic E-state index is -0.688. The second-order valence-electron chi connectivity index (χ2n) is 5.63. The lowest BCUT2D eigenvalue weighted by Gasteiger charge is -1.98. The van der Waals surface area contributed by atoms with Crippen LogP contribution in [0.3, 0.4) is 0 Å². The number of esters is 1. The van der Waals surface area contributed by atoms with Crippen molar-refractivity contribution in [1.29, 1.82) is 0 Å². The van der Waals surface area contributed by atoms with Gasteiger partial charge in [0.2, 0.25) is 5.89 Å². The minimum absolute atomic E-state index is 0.0750. The van der Waals surface area contributed by atoms with Crippen LogP contribution < -0.4 is 0 Å². The van der Waals surface area contributed by atoms with Crippen LogP contribution in [0.2, 0.25) is 0 Å². The highest BCUT2D eigenvalue weighted by atomic mass is 16.5. The number of hydrogen-bond donors (Lipinski definition) is 0. The van der Waals surface area contributed by atoms with Gasteiger partial charge in [-0.15, -0.1) is 15.3 Å². The lowest BCUT2D eigenvalue weighted by molar-refractivity contribution is 0.0424. The molecule has 3 aromatic heterocycles. The van der Waals surface area contributed by atoms with Crippen molar-refractivity contribution in [2.24, 2.45) is 0 Å². The molecule has 0 aliphatic rings. The molecule has 0 spiro atoms. The molecule has 4 aromatic rings. The van der Waals surface area contributed by atoms with E-state index in [2.05, 4.69) is 25.3 Å². The fraction of sp³-hybridized carbons (Fsp3) is 0.176. The maximum absolute atomic E-state index is 12.2. The van der Waals surface area contributed by atoms with Crippen molar-refractivity contribution in [2.45, 2.75) is 20.5 Å². The quantitative estimate of drug-likeness (QED) is 0.515. The predicted octanol–water partition coefficient (Wildman–Crippen LogP) is 2.15. The van der Waals surface area contributed by atoms with Gasteiger partial charge in [-0.3, -0.25) is 0 Å². The van der Waals surface area contributed by atoms with E-state index in [0.29, 0.717) is 11.7 Å². The highest BCUT2D eigenvalue weighted by Crippen LogP contribution is 2.17. The third-order valence-corrected chi connectivity index (χ3v) is 3.62. The van der Waals surface area contributed by atoms with Crippen LogP contribution in [0.1, 0.15) is 27.9 Å². The molecule has 0 aliphatic carbocycles. The van der Waals surface area contributed by atoms with Crippen molar-refractivity contribution in [3.63, 3.8) is 0 Å². The fourth-order valence-corrected chi connectivity index (χ4v) is 2.45. The molecular formula is C17H14N6O3. The Morgan fingerprint density at radius 2 is 1.96 bits per heavy atom. The van der Waals surface area contributed by atoms with E-state index >= 15 is 0 Å². The number of carbonyl (C=O) groups excluding carboxylic acids is 1. The van der Waals surface area contributed by atoms with Gasteiger partial charge >= 0.3 is 5.97 Å². The molecule has 0 aliphatic heterocycles. The van der Waals surface area contributed by atoms with Crippen LogP contribution in [0.4, 0.5) is 0 Å². The maximum atomic E-state index is 12.2. The highest BCUT2D eigenvalue weighted by molar-refractivity contribution is 5.85. The SMILES string of the molecule is Cc1cc(C)n2nc(C(=O)OCc3nnc(-c4ccccc4)o3)nc2n1. The maximum Gasteiger partial charge on any atom is 0.378 e. The van der Waals surface area contributed by atoms with E-state index in [1.807, 2.05) is 50.2 Å². The largest absolute Gasteiger partial charge is 0.450 e. The van der Waals surface area contributed by atoms with Crippen LogP contribution in [-0.4, -0.2) is 35.7 Å². The molecule has 0 unspecified atom stereocenters. The summed E-state index contributed by atoms with van der Waals surface area (Å²) >= 11 is 0. The number of rotatable bonds is 4. The first-order chi connectivity index (χ1) is 12.6. The third kappa shape index (κ3) is 3.02. The van der Waals surface area contributed by atoms with E-state index in [1.165, 1.54) is 4.52 Å². The molecule has 0 saturated heterocycles. The van der Waals surface area contributed by atoms with Gasteiger partial charge in [0.05, 0.1) is 0 Å². The number of aromatic nitrogens is 6. The Hall–Kier alpha value is -3.62. The summed E-state index contributed by atoms with van der Waals surface area (Å²) in [6.07, 6.45) is 0. The monoisotopic (exact) mass is 350 g/mol. The number of carbonyl (C=O) groups is 1. The zero-order valence-electron chi connectivity index (χ0n) is 14.1. The smallest absolute Gasteiger partial charge is 0.378 e. The Morgan fingerprint density at radius 1 is 1.15 bits per heavy atom. The molecular weight excluding hydrogens is 336 g/mol. The van der Waals surface area contributed by atoms with Crippen molar-refractivity contribution >= 4 is 11.7 Å². The minimum Gasteiger partial charge on any atom is -0.450 e. The van der Waals surface area contributed by atoms with E-state index < -0.39 is 5.97 Å². The Morgan fingerprint density at radius 3 is 2.77 bits per heavy atom. The molecule has 3 heterocycles. The zero-order valence-corrected chi connectivity index (χ0v) is 14.1. The second-order valence-corrected chi connectivity index (χ2v) is 5.63. The highest BCUT2D eigenvalue weighted by Gasteiger charge is 2.18. The molecule has 9 heteroatoms. The summed E-state index contributed by atoms with van der Waals surface area (Å²) < 4.78 is 12.1. The Kier molecular flexibility index (Phi) is 3.88. The van der Waals surface area contributed by atoms with E-state index in [-0.39, 0.29) is 18.3 Å². The zero-order chi connectivity index (χ0) is 18.1. The van der Waals surface area contributed by atoms with Crippen LogP contribution in [0.15, 0.2) is 40.8 Å². The first kappa shape index (κ1) is 15.9. The average molecular weight is 350 g/mol. The van der Waals surface area contributed by atoms with Crippen LogP contribution in [0, 0.1) is 13.8 Å². The molecule has 1 aromatic carbocycles. The van der Waals surface area contributed by atoms with Crippen LogP contribution in [0.5, 0.6) is 0 Å². The van der Waals surface area contributed by atoms with E-state index in [0.717, 1.165) is 17.0 Å². The Labute approximate surface area is 147 Å². The molecule has 0 amide bonds. The van der Waals surface area contributed by atoms with Crippen molar-refractivity contribution in [2.75, 3.05) is 0 Å². The van der Waals surface area contributed by atoms with Gasteiger partial charge in [0.15, 0.2) is 6.61 Å². The van der Waals surface area contributed by atoms with Gasteiger partial charge in [0.25, 0.3) is 17.5 Å². The summed E-state index contributed by atoms with van der Waals surface area (Å²) in [7, 11) is 0. The number of aryl methyl sites for hydroxylation is 2. The molecule has 130 valence electrons. The van der Waals surface area contributed by atoms with Crippen LogP contribution >= 0.6 is 0 Å². The molecule has 0 fully saturated rings. The Balaban J connectivity index is 1.48. The summed E-state index contributed by atoms with van der Waals surface area (Å²) in [4.78, 5) is 20.5. The lowest BCUT2D eigenvalue weighted by atomic mass is 10.2. The van der Waals surface area contributed by atoms with Gasteiger partial charge < -0.3 is 9.15 Å². The number of nitrogens with zero attached hydrogens (tertiary/aromatic N) is 6. The molecule has 0 saturated carbocycles. The summed E-state index contributed by atoms with van der Waals surface area (Å²) in [5.74, 6) is 0.128. The molecule has 0 atom stereocenters. The average Bonchev–Trinajstić information content (AvgIpc) is 3.27. The van der Waals surface area contributed by atoms with Crippen LogP contribution in [-0.2, 0) is 11.3 Å². The molecule has 4 rings (SSSR count). The number of fused-ring (bicyclic) bond motifs is 1. The van der Waals surface area contributed by atoms with Crippen molar-refractivity contribution in [3.8, 4) is 11.5 Å². The third-order valence-electron chi connectivity index (χ3n) is 3.62. The predicted molar refractivity (Wildman–Crippen MR) is 89.1 cm³/mol. The standard InChI is InChI=1S/C17H14N6O3/c1-10-8-11(2)23-17(18-10)19-14(22-23)16(24)25-9-13-20-21-15(26-13)12-6-4-3-5-7-12/h3-8H,9H2,1-2H3. The second kappa shape index (κ2) is 6.36. The molecule has 0 radical (unpaired) electrons. The summed E-state index contributed by atoms with van der Waals surface area (Å²) in [5.41, 5.74) is 2.40. The molecule has 0 N–H and O–H groups in total. The van der Waals surface area contributed by atoms with Crippen molar-refractivity contribution < 1.29 is 13.9 Å². The summed E-state index contributed by atoms with van der Waals surface area (Å²) in [5, 5.41) is 11.9. The number of ether oxygens (including phenoxy) is 1. The van der Waals surface area contributed by atoms with Gasteiger partial charge in [-0.2, -0.15) is 4.98 Å². The first-order valence-electron chi connectivity index (χ1n) is 7.86. The summed E-state index contributed by atoms with van der Waals surface area (Å²) in [6.45, 7) is 3.54. The first-order valence-corrected chi connectivity index (χ1v) is 7.86. The summed E-state index contributed by atoms with van der Waals surface area (Å²) in [6, 6.07) is 11.2. The van der Waals surface area contributed by atoms with Gasteiger partial charge in [-0.05, 0) is 32.0 Å². The number of hydrogen-bond acceptors (Lipinski definition) is 8. The van der Waals surface area contributed by atoms with E-state index in [1.54, 1.807) is 0 Å². The van der Waals surface area contributed by atoms with E-state index in [4.69, 9.17) is 9.15 Å². The molecule has 9 nitrogen and oxygen atoms in total. The van der Waals surface area contributed by atoms with Crippen LogP contribution in [0.25, 0.3) is 17.2 Å². The lowest BCUT2D eigenvalue weighted by Crippen LogP contribution is -2.08. The number of benzene rings is 1.